The Labute approximate surface area is 119 Å². The van der Waals surface area contributed by atoms with Crippen LogP contribution in [0.1, 0.15) is 19.4 Å². The Balaban J connectivity index is 3.13. The van der Waals surface area contributed by atoms with E-state index in [1.165, 1.54) is 19.2 Å². The van der Waals surface area contributed by atoms with E-state index >= 15 is 0 Å². The number of benzene rings is 1. The predicted molar refractivity (Wildman–Crippen MR) is 76.6 cm³/mol. The lowest BCUT2D eigenvalue weighted by Crippen LogP contribution is -2.44. The van der Waals surface area contributed by atoms with Gasteiger partial charge in [0, 0.05) is 5.69 Å². The second kappa shape index (κ2) is 6.23. The van der Waals surface area contributed by atoms with Crippen LogP contribution in [-0.4, -0.2) is 27.5 Å². The van der Waals surface area contributed by atoms with E-state index in [1.807, 2.05) is 0 Å². The molecule has 20 heavy (non-hydrogen) atoms. The summed E-state index contributed by atoms with van der Waals surface area (Å²) in [5.74, 6) is -0.858. The number of methoxy groups -OCH3 is 1. The first-order chi connectivity index (χ1) is 9.17. The van der Waals surface area contributed by atoms with Crippen molar-refractivity contribution in [2.24, 2.45) is 5.92 Å². The second-order valence-electron chi connectivity index (χ2n) is 4.95. The zero-order valence-electron chi connectivity index (χ0n) is 12.0. The molecule has 0 spiro atoms. The highest BCUT2D eigenvalue weighted by molar-refractivity contribution is 7.89. The quantitative estimate of drug-likeness (QED) is 0.625. The van der Waals surface area contributed by atoms with Crippen molar-refractivity contribution in [1.29, 1.82) is 0 Å². The molecule has 0 heterocycles. The van der Waals surface area contributed by atoms with Gasteiger partial charge in [-0.2, -0.15) is 4.72 Å². The average molecular weight is 300 g/mol. The standard InChI is InChI=1S/C13H20N2O4S/c1-8(2)12(13(16)19-4)15-20(17,18)11-6-9(3)5-10(14)7-11/h5-8,12,15H,14H2,1-4H3. The number of carbonyl (C=O) groups excluding carboxylic acids is 1. The number of sulfonamides is 1. The fraction of sp³-hybridized carbons (Fsp3) is 0.462. The summed E-state index contributed by atoms with van der Waals surface area (Å²) in [7, 11) is -2.62. The maximum Gasteiger partial charge on any atom is 0.324 e. The Morgan fingerprint density at radius 2 is 1.90 bits per heavy atom. The third kappa shape index (κ3) is 3.94. The van der Waals surface area contributed by atoms with Crippen LogP contribution in [0.4, 0.5) is 5.69 Å². The summed E-state index contributed by atoms with van der Waals surface area (Å²) >= 11 is 0. The SMILES string of the molecule is COC(=O)C(NS(=O)(=O)c1cc(C)cc(N)c1)C(C)C. The lowest BCUT2D eigenvalue weighted by atomic mass is 10.1. The third-order valence-electron chi connectivity index (χ3n) is 2.79. The van der Waals surface area contributed by atoms with Crippen molar-refractivity contribution in [1.82, 2.24) is 4.72 Å². The largest absolute Gasteiger partial charge is 0.468 e. The van der Waals surface area contributed by atoms with Crippen LogP contribution in [0.3, 0.4) is 0 Å². The Kier molecular flexibility index (Phi) is 5.13. The van der Waals surface area contributed by atoms with Crippen LogP contribution in [0.5, 0.6) is 0 Å². The van der Waals surface area contributed by atoms with Gasteiger partial charge in [-0.15, -0.1) is 0 Å². The van der Waals surface area contributed by atoms with Gasteiger partial charge in [0.15, 0.2) is 0 Å². The van der Waals surface area contributed by atoms with Crippen LogP contribution >= 0.6 is 0 Å². The van der Waals surface area contributed by atoms with E-state index in [1.54, 1.807) is 26.8 Å². The van der Waals surface area contributed by atoms with Crippen LogP contribution < -0.4 is 10.5 Å². The van der Waals surface area contributed by atoms with E-state index < -0.39 is 22.0 Å². The molecule has 0 radical (unpaired) electrons. The Hall–Kier alpha value is -1.60. The van der Waals surface area contributed by atoms with Crippen molar-refractivity contribution in [2.45, 2.75) is 31.7 Å². The molecule has 0 aliphatic rings. The number of esters is 1. The second-order valence-corrected chi connectivity index (χ2v) is 6.66. The van der Waals surface area contributed by atoms with Crippen molar-refractivity contribution in [3.8, 4) is 0 Å². The molecule has 3 N–H and O–H groups in total. The molecule has 0 aromatic heterocycles. The maximum atomic E-state index is 12.3. The fourth-order valence-electron chi connectivity index (χ4n) is 1.75. The van der Waals surface area contributed by atoms with Crippen molar-refractivity contribution >= 4 is 21.7 Å². The molecule has 0 saturated heterocycles. The van der Waals surface area contributed by atoms with Gasteiger partial charge in [0.05, 0.1) is 12.0 Å². The molecule has 112 valence electrons. The summed E-state index contributed by atoms with van der Waals surface area (Å²) in [5, 5.41) is 0. The molecule has 1 aromatic rings. The van der Waals surface area contributed by atoms with Gasteiger partial charge >= 0.3 is 5.97 Å². The number of anilines is 1. The van der Waals surface area contributed by atoms with Crippen LogP contribution in [0.15, 0.2) is 23.1 Å². The van der Waals surface area contributed by atoms with Crippen LogP contribution in [0.2, 0.25) is 0 Å². The van der Waals surface area contributed by atoms with Crippen molar-refractivity contribution in [3.05, 3.63) is 23.8 Å². The lowest BCUT2D eigenvalue weighted by molar-refractivity contribution is -0.143. The average Bonchev–Trinajstić information content (AvgIpc) is 2.33. The van der Waals surface area contributed by atoms with Crippen molar-refractivity contribution in [2.75, 3.05) is 12.8 Å². The number of nitrogens with one attached hydrogen (secondary N) is 1. The van der Waals surface area contributed by atoms with E-state index in [0.717, 1.165) is 5.56 Å². The lowest BCUT2D eigenvalue weighted by Gasteiger charge is -2.20. The molecule has 0 aliphatic carbocycles. The van der Waals surface area contributed by atoms with Gasteiger partial charge in [-0.3, -0.25) is 4.79 Å². The molecule has 1 unspecified atom stereocenters. The van der Waals surface area contributed by atoms with Gasteiger partial charge < -0.3 is 10.5 Å². The fourth-order valence-corrected chi connectivity index (χ4v) is 3.22. The van der Waals surface area contributed by atoms with Gasteiger partial charge in [0.1, 0.15) is 6.04 Å². The molecule has 6 nitrogen and oxygen atoms in total. The summed E-state index contributed by atoms with van der Waals surface area (Å²) in [4.78, 5) is 11.7. The van der Waals surface area contributed by atoms with Crippen LogP contribution in [-0.2, 0) is 19.6 Å². The van der Waals surface area contributed by atoms with Gasteiger partial charge in [-0.05, 0) is 36.6 Å². The number of hydrogen-bond donors (Lipinski definition) is 2. The number of nitrogen functional groups attached to an aromatic ring is 1. The predicted octanol–water partition coefficient (Wildman–Crippen LogP) is 1.05. The minimum absolute atomic E-state index is 0.0320. The summed E-state index contributed by atoms with van der Waals surface area (Å²) in [6.45, 7) is 5.21. The number of aryl methyl sites for hydroxylation is 1. The van der Waals surface area contributed by atoms with Crippen molar-refractivity contribution < 1.29 is 17.9 Å². The number of hydrogen-bond acceptors (Lipinski definition) is 5. The smallest absolute Gasteiger partial charge is 0.324 e. The molecule has 0 aliphatic heterocycles. The molecule has 1 atom stereocenters. The van der Waals surface area contributed by atoms with E-state index in [2.05, 4.69) is 9.46 Å². The summed E-state index contributed by atoms with van der Waals surface area (Å²) < 4.78 is 31.6. The number of rotatable bonds is 5. The molecule has 0 saturated carbocycles. The van der Waals surface area contributed by atoms with E-state index in [-0.39, 0.29) is 10.8 Å². The minimum atomic E-state index is -3.84. The number of ether oxygens (including phenoxy) is 1. The number of carbonyl (C=O) groups is 1. The highest BCUT2D eigenvalue weighted by atomic mass is 32.2. The topological polar surface area (TPSA) is 98.5 Å². The van der Waals surface area contributed by atoms with Gasteiger partial charge in [-0.25, -0.2) is 8.42 Å². The first-order valence-electron chi connectivity index (χ1n) is 6.14. The minimum Gasteiger partial charge on any atom is -0.468 e. The first-order valence-corrected chi connectivity index (χ1v) is 7.63. The zero-order chi connectivity index (χ0) is 15.5. The molecule has 0 amide bonds. The third-order valence-corrected chi connectivity index (χ3v) is 4.21. The first kappa shape index (κ1) is 16.5. The molecule has 0 fully saturated rings. The summed E-state index contributed by atoms with van der Waals surface area (Å²) in [6, 6.07) is 3.57. The summed E-state index contributed by atoms with van der Waals surface area (Å²) in [5.41, 5.74) is 6.73. The highest BCUT2D eigenvalue weighted by Crippen LogP contribution is 2.17. The van der Waals surface area contributed by atoms with Crippen LogP contribution in [0.25, 0.3) is 0 Å². The van der Waals surface area contributed by atoms with Gasteiger partial charge in [0.2, 0.25) is 10.0 Å². The summed E-state index contributed by atoms with van der Waals surface area (Å²) in [6.07, 6.45) is 0. The zero-order valence-corrected chi connectivity index (χ0v) is 12.8. The number of nitrogens with two attached hydrogens (primary N) is 1. The van der Waals surface area contributed by atoms with E-state index in [4.69, 9.17) is 5.73 Å². The maximum absolute atomic E-state index is 12.3. The molecular formula is C13H20N2O4S. The Bertz CT molecular complexity index is 576. The van der Waals surface area contributed by atoms with Crippen LogP contribution in [0, 0.1) is 12.8 Å². The Morgan fingerprint density at radius 3 is 2.35 bits per heavy atom. The van der Waals surface area contributed by atoms with E-state index in [9.17, 15) is 13.2 Å². The van der Waals surface area contributed by atoms with Gasteiger partial charge in [0.25, 0.3) is 0 Å². The van der Waals surface area contributed by atoms with Gasteiger partial charge in [-0.1, -0.05) is 13.8 Å². The Morgan fingerprint density at radius 1 is 1.30 bits per heavy atom. The monoisotopic (exact) mass is 300 g/mol. The molecular weight excluding hydrogens is 280 g/mol. The van der Waals surface area contributed by atoms with Crippen molar-refractivity contribution in [3.63, 3.8) is 0 Å². The molecule has 7 heteroatoms. The van der Waals surface area contributed by atoms with E-state index in [0.29, 0.717) is 5.69 Å². The highest BCUT2D eigenvalue weighted by Gasteiger charge is 2.29. The normalized spacial score (nSPS) is 13.2. The molecule has 0 bridgehead atoms. The molecule has 1 aromatic carbocycles. The molecule has 1 rings (SSSR count).